The van der Waals surface area contributed by atoms with Crippen LogP contribution >= 0.6 is 22.0 Å². The first-order valence-electron chi connectivity index (χ1n) is 7.25. The Bertz CT molecular complexity index is 575. The summed E-state index contributed by atoms with van der Waals surface area (Å²) in [6.07, 6.45) is 7.86. The van der Waals surface area contributed by atoms with Gasteiger partial charge >= 0.3 is 0 Å². The Kier molecular flexibility index (Phi) is 6.08. The second-order valence-corrected chi connectivity index (χ2v) is 9.46. The van der Waals surface area contributed by atoms with Crippen LogP contribution in [0.3, 0.4) is 0 Å². The monoisotopic (exact) mass is 349 g/mol. The van der Waals surface area contributed by atoms with Crippen molar-refractivity contribution in [2.24, 2.45) is 5.92 Å². The molecule has 1 amide bonds. The van der Waals surface area contributed by atoms with Gasteiger partial charge in [0.1, 0.15) is 4.21 Å². The van der Waals surface area contributed by atoms with Crippen molar-refractivity contribution in [3.05, 3.63) is 17.0 Å². The fourth-order valence-corrected chi connectivity index (χ4v) is 4.73. The molecule has 4 nitrogen and oxygen atoms in total. The van der Waals surface area contributed by atoms with Gasteiger partial charge in [-0.15, -0.1) is 11.3 Å². The second kappa shape index (κ2) is 7.61. The van der Waals surface area contributed by atoms with Crippen LogP contribution in [0.5, 0.6) is 0 Å². The maximum absolute atomic E-state index is 11.9. The highest BCUT2D eigenvalue weighted by Crippen LogP contribution is 2.26. The Morgan fingerprint density at radius 1 is 1.24 bits per heavy atom. The number of carbonyl (C=O) groups excluding carboxylic acids is 1. The van der Waals surface area contributed by atoms with Gasteiger partial charge in [-0.25, -0.2) is 8.42 Å². The highest BCUT2D eigenvalue weighted by Gasteiger charge is 2.17. The van der Waals surface area contributed by atoms with E-state index < -0.39 is 9.05 Å². The number of thiophene rings is 1. The van der Waals surface area contributed by atoms with Crippen LogP contribution in [0.25, 0.3) is 0 Å². The molecule has 1 aliphatic carbocycles. The van der Waals surface area contributed by atoms with Crippen LogP contribution in [-0.4, -0.2) is 14.3 Å². The van der Waals surface area contributed by atoms with Gasteiger partial charge in [0.05, 0.1) is 6.54 Å². The molecule has 1 fully saturated rings. The van der Waals surface area contributed by atoms with Gasteiger partial charge in [0.15, 0.2) is 0 Å². The standard InChI is InChI=1S/C14H20ClNO3S2/c15-21(18,19)14-8-7-12(20-14)10-16-13(17)9-11-5-3-1-2-4-6-11/h7-8,11H,1-6,9-10H2,(H,16,17). The molecule has 1 N–H and O–H groups in total. The molecule has 2 rings (SSSR count). The zero-order chi connectivity index (χ0) is 15.3. The molecule has 0 aliphatic heterocycles. The van der Waals surface area contributed by atoms with Crippen LogP contribution in [0.1, 0.15) is 49.8 Å². The number of hydrogen-bond acceptors (Lipinski definition) is 4. The molecule has 0 spiro atoms. The lowest BCUT2D eigenvalue weighted by Crippen LogP contribution is -2.24. The maximum Gasteiger partial charge on any atom is 0.270 e. The fourth-order valence-electron chi connectivity index (χ4n) is 2.67. The number of carbonyl (C=O) groups is 1. The van der Waals surface area contributed by atoms with E-state index in [1.165, 1.54) is 31.7 Å². The molecule has 0 bridgehead atoms. The van der Waals surface area contributed by atoms with Crippen molar-refractivity contribution < 1.29 is 13.2 Å². The second-order valence-electron chi connectivity index (χ2n) is 5.50. The van der Waals surface area contributed by atoms with E-state index in [1.807, 2.05) is 0 Å². The van der Waals surface area contributed by atoms with Gasteiger partial charge in [0.2, 0.25) is 5.91 Å². The lowest BCUT2D eigenvalue weighted by molar-refractivity contribution is -0.122. The molecule has 1 heterocycles. The molecule has 0 saturated heterocycles. The number of rotatable bonds is 5. The van der Waals surface area contributed by atoms with Gasteiger partial charge < -0.3 is 5.32 Å². The topological polar surface area (TPSA) is 63.2 Å². The molecule has 0 unspecified atom stereocenters. The summed E-state index contributed by atoms with van der Waals surface area (Å²) in [6.45, 7) is 0.364. The zero-order valence-corrected chi connectivity index (χ0v) is 14.2. The van der Waals surface area contributed by atoms with E-state index in [0.29, 0.717) is 18.9 Å². The van der Waals surface area contributed by atoms with Crippen molar-refractivity contribution in [2.45, 2.75) is 55.7 Å². The molecule has 1 aromatic heterocycles. The average molecular weight is 350 g/mol. The molecule has 118 valence electrons. The van der Waals surface area contributed by atoms with Crippen LogP contribution in [0, 0.1) is 5.92 Å². The highest BCUT2D eigenvalue weighted by atomic mass is 35.7. The van der Waals surface area contributed by atoms with E-state index in [-0.39, 0.29) is 10.1 Å². The Labute approximate surface area is 134 Å². The Balaban J connectivity index is 1.79. The first-order chi connectivity index (χ1) is 9.95. The SMILES string of the molecule is O=C(CC1CCCCCC1)NCc1ccc(S(=O)(=O)Cl)s1. The van der Waals surface area contributed by atoms with E-state index in [0.717, 1.165) is 29.1 Å². The zero-order valence-electron chi connectivity index (χ0n) is 11.8. The predicted molar refractivity (Wildman–Crippen MR) is 85.0 cm³/mol. The van der Waals surface area contributed by atoms with Crippen molar-refractivity contribution in [2.75, 3.05) is 0 Å². The number of amides is 1. The van der Waals surface area contributed by atoms with Gasteiger partial charge in [0.25, 0.3) is 9.05 Å². The van der Waals surface area contributed by atoms with E-state index in [1.54, 1.807) is 6.07 Å². The highest BCUT2D eigenvalue weighted by molar-refractivity contribution is 8.15. The lowest BCUT2D eigenvalue weighted by Gasteiger charge is -2.13. The fraction of sp³-hybridized carbons (Fsp3) is 0.643. The summed E-state index contributed by atoms with van der Waals surface area (Å²) in [5.41, 5.74) is 0. The van der Waals surface area contributed by atoms with Gasteiger partial charge in [-0.2, -0.15) is 0 Å². The number of halogens is 1. The third-order valence-corrected chi connectivity index (χ3v) is 6.96. The molecule has 1 saturated carbocycles. The number of nitrogens with one attached hydrogen (secondary N) is 1. The first kappa shape index (κ1) is 16.8. The van der Waals surface area contributed by atoms with Crippen molar-refractivity contribution in [1.82, 2.24) is 5.32 Å². The molecule has 7 heteroatoms. The molecule has 0 atom stereocenters. The molecular weight excluding hydrogens is 330 g/mol. The molecule has 1 aromatic rings. The van der Waals surface area contributed by atoms with Crippen LogP contribution in [0.4, 0.5) is 0 Å². The summed E-state index contributed by atoms with van der Waals surface area (Å²) in [5, 5.41) is 2.87. The van der Waals surface area contributed by atoms with Crippen LogP contribution in [-0.2, 0) is 20.4 Å². The molecule has 0 radical (unpaired) electrons. The summed E-state index contributed by atoms with van der Waals surface area (Å²) in [7, 11) is 1.60. The Hall–Kier alpha value is -0.590. The smallest absolute Gasteiger partial charge is 0.270 e. The molecule has 0 aromatic carbocycles. The van der Waals surface area contributed by atoms with Gasteiger partial charge in [-0.1, -0.05) is 25.7 Å². The van der Waals surface area contributed by atoms with Crippen molar-refractivity contribution in [3.63, 3.8) is 0 Å². The summed E-state index contributed by atoms with van der Waals surface area (Å²) >= 11 is 1.10. The van der Waals surface area contributed by atoms with E-state index in [9.17, 15) is 13.2 Å². The van der Waals surface area contributed by atoms with Crippen molar-refractivity contribution in [1.29, 1.82) is 0 Å². The Morgan fingerprint density at radius 3 is 2.48 bits per heavy atom. The minimum atomic E-state index is -3.67. The van der Waals surface area contributed by atoms with Gasteiger partial charge in [-0.05, 0) is 30.9 Å². The Morgan fingerprint density at radius 2 is 1.90 bits per heavy atom. The third kappa shape index (κ3) is 5.60. The maximum atomic E-state index is 11.9. The molecular formula is C14H20ClNO3S2. The largest absolute Gasteiger partial charge is 0.351 e. The van der Waals surface area contributed by atoms with E-state index in [4.69, 9.17) is 10.7 Å². The van der Waals surface area contributed by atoms with Gasteiger partial charge in [-0.3, -0.25) is 4.79 Å². The lowest BCUT2D eigenvalue weighted by atomic mass is 9.96. The van der Waals surface area contributed by atoms with Crippen molar-refractivity contribution in [3.8, 4) is 0 Å². The molecule has 1 aliphatic rings. The summed E-state index contributed by atoms with van der Waals surface area (Å²) < 4.78 is 22.5. The van der Waals surface area contributed by atoms with E-state index >= 15 is 0 Å². The first-order valence-corrected chi connectivity index (χ1v) is 10.4. The average Bonchev–Trinajstić information content (AvgIpc) is 2.76. The predicted octanol–water partition coefficient (Wildman–Crippen LogP) is 3.65. The quantitative estimate of drug-likeness (QED) is 0.651. The molecule has 21 heavy (non-hydrogen) atoms. The van der Waals surface area contributed by atoms with Crippen LogP contribution in [0.15, 0.2) is 16.3 Å². The van der Waals surface area contributed by atoms with Crippen LogP contribution in [0.2, 0.25) is 0 Å². The summed E-state index contributed by atoms with van der Waals surface area (Å²) in [5.74, 6) is 0.542. The number of hydrogen-bond donors (Lipinski definition) is 1. The minimum absolute atomic E-state index is 0.0468. The summed E-state index contributed by atoms with van der Waals surface area (Å²) in [6, 6.07) is 3.16. The van der Waals surface area contributed by atoms with Gasteiger partial charge in [0, 0.05) is 22.0 Å². The minimum Gasteiger partial charge on any atom is -0.351 e. The van der Waals surface area contributed by atoms with Crippen LogP contribution < -0.4 is 5.32 Å². The third-order valence-electron chi connectivity index (χ3n) is 3.79. The van der Waals surface area contributed by atoms with E-state index in [2.05, 4.69) is 5.32 Å². The normalized spacial score (nSPS) is 17.4. The summed E-state index contributed by atoms with van der Waals surface area (Å²) in [4.78, 5) is 12.7. The van der Waals surface area contributed by atoms with Crippen molar-refractivity contribution >= 4 is 37.0 Å².